The van der Waals surface area contributed by atoms with E-state index in [1.54, 1.807) is 12.5 Å². The molecule has 0 amide bonds. The Morgan fingerprint density at radius 2 is 2.00 bits per heavy atom. The molecule has 2 aromatic rings. The molecule has 2 heterocycles. The predicted octanol–water partition coefficient (Wildman–Crippen LogP) is 2.65. The van der Waals surface area contributed by atoms with Crippen LogP contribution < -0.4 is 0 Å². The van der Waals surface area contributed by atoms with Crippen LogP contribution in [0, 0.1) is 13.8 Å². The zero-order chi connectivity index (χ0) is 10.1. The number of pyridine rings is 1. The number of halogens is 1. The van der Waals surface area contributed by atoms with Gasteiger partial charge >= 0.3 is 0 Å². The molecule has 4 heteroatoms. The van der Waals surface area contributed by atoms with Crippen LogP contribution in [0.15, 0.2) is 29.1 Å². The maximum atomic E-state index is 4.30. The van der Waals surface area contributed by atoms with Gasteiger partial charge in [-0.25, -0.2) is 9.97 Å². The van der Waals surface area contributed by atoms with Gasteiger partial charge in [0.05, 0.1) is 5.69 Å². The van der Waals surface area contributed by atoms with Gasteiger partial charge in [-0.3, -0.25) is 4.57 Å². The second kappa shape index (κ2) is 3.53. The number of hydrogen-bond donors (Lipinski definition) is 0. The molecule has 0 saturated carbocycles. The number of aryl methyl sites for hydroxylation is 1. The minimum Gasteiger partial charge on any atom is -0.287 e. The Kier molecular flexibility index (Phi) is 2.37. The first-order valence-corrected chi connectivity index (χ1v) is 5.10. The fraction of sp³-hybridized carbons (Fsp3) is 0.200. The molecule has 14 heavy (non-hydrogen) atoms. The summed E-state index contributed by atoms with van der Waals surface area (Å²) in [5, 5.41) is 0. The Balaban J connectivity index is 2.49. The number of aromatic nitrogens is 3. The van der Waals surface area contributed by atoms with E-state index in [1.165, 1.54) is 0 Å². The molecule has 0 radical (unpaired) electrons. The molecule has 0 aliphatic carbocycles. The van der Waals surface area contributed by atoms with E-state index in [0.29, 0.717) is 0 Å². The summed E-state index contributed by atoms with van der Waals surface area (Å²) >= 11 is 3.35. The van der Waals surface area contributed by atoms with Crippen LogP contribution in [-0.2, 0) is 0 Å². The molecule has 0 bridgehead atoms. The van der Waals surface area contributed by atoms with Crippen molar-refractivity contribution >= 4 is 15.9 Å². The summed E-state index contributed by atoms with van der Waals surface area (Å²) in [5.41, 5.74) is 2.16. The van der Waals surface area contributed by atoms with Crippen LogP contribution in [0.1, 0.15) is 11.4 Å². The van der Waals surface area contributed by atoms with Gasteiger partial charge in [0.2, 0.25) is 0 Å². The molecule has 0 atom stereocenters. The van der Waals surface area contributed by atoms with Gasteiger partial charge in [-0.1, -0.05) is 0 Å². The van der Waals surface area contributed by atoms with Gasteiger partial charge < -0.3 is 0 Å². The summed E-state index contributed by atoms with van der Waals surface area (Å²) in [5.74, 6) is 0.895. The Morgan fingerprint density at radius 3 is 2.50 bits per heavy atom. The molecule has 0 saturated heterocycles. The highest BCUT2D eigenvalue weighted by Gasteiger charge is 2.04. The van der Waals surface area contributed by atoms with E-state index in [2.05, 4.69) is 25.9 Å². The van der Waals surface area contributed by atoms with Gasteiger partial charge in [0.15, 0.2) is 0 Å². The lowest BCUT2D eigenvalue weighted by molar-refractivity contribution is 0.949. The Bertz CT molecular complexity index is 445. The first-order valence-electron chi connectivity index (χ1n) is 4.31. The minimum atomic E-state index is 0.895. The van der Waals surface area contributed by atoms with Crippen molar-refractivity contribution in [3.63, 3.8) is 0 Å². The van der Waals surface area contributed by atoms with Gasteiger partial charge in [0, 0.05) is 16.4 Å². The minimum absolute atomic E-state index is 0.895. The molecule has 0 aliphatic rings. The standard InChI is InChI=1S/C10H10BrN3/c1-7-8(2)14(6-13-7)10-4-3-9(11)5-12-10/h3-6H,1-2H3. The van der Waals surface area contributed by atoms with Crippen LogP contribution in [0.5, 0.6) is 0 Å². The third kappa shape index (κ3) is 1.57. The fourth-order valence-corrected chi connectivity index (χ4v) is 1.47. The maximum absolute atomic E-state index is 4.30. The van der Waals surface area contributed by atoms with Crippen LogP contribution in [-0.4, -0.2) is 14.5 Å². The van der Waals surface area contributed by atoms with E-state index in [1.807, 2.05) is 30.5 Å². The molecule has 0 N–H and O–H groups in total. The molecule has 0 fully saturated rings. The van der Waals surface area contributed by atoms with Gasteiger partial charge in [0.25, 0.3) is 0 Å². The van der Waals surface area contributed by atoms with Gasteiger partial charge in [-0.2, -0.15) is 0 Å². The number of rotatable bonds is 1. The molecular weight excluding hydrogens is 242 g/mol. The van der Waals surface area contributed by atoms with Crippen molar-refractivity contribution in [1.29, 1.82) is 0 Å². The Morgan fingerprint density at radius 1 is 1.21 bits per heavy atom. The van der Waals surface area contributed by atoms with Crippen molar-refractivity contribution in [1.82, 2.24) is 14.5 Å². The van der Waals surface area contributed by atoms with E-state index in [4.69, 9.17) is 0 Å². The summed E-state index contributed by atoms with van der Waals surface area (Å²) in [7, 11) is 0. The zero-order valence-electron chi connectivity index (χ0n) is 8.03. The fourth-order valence-electron chi connectivity index (χ4n) is 1.24. The summed E-state index contributed by atoms with van der Waals surface area (Å²) < 4.78 is 2.96. The molecule has 72 valence electrons. The van der Waals surface area contributed by atoms with Crippen molar-refractivity contribution in [2.24, 2.45) is 0 Å². The lowest BCUT2D eigenvalue weighted by Crippen LogP contribution is -1.97. The van der Waals surface area contributed by atoms with E-state index < -0.39 is 0 Å². The number of hydrogen-bond acceptors (Lipinski definition) is 2. The molecule has 0 aliphatic heterocycles. The molecular formula is C10H10BrN3. The molecule has 0 spiro atoms. The average Bonchev–Trinajstić information content (AvgIpc) is 2.50. The summed E-state index contributed by atoms with van der Waals surface area (Å²) in [6.07, 6.45) is 3.57. The SMILES string of the molecule is Cc1ncn(-c2ccc(Br)cn2)c1C. The molecule has 2 aromatic heterocycles. The monoisotopic (exact) mass is 251 g/mol. The van der Waals surface area contributed by atoms with Crippen LogP contribution >= 0.6 is 15.9 Å². The Labute approximate surface area is 90.9 Å². The highest BCUT2D eigenvalue weighted by Crippen LogP contribution is 2.13. The summed E-state index contributed by atoms with van der Waals surface area (Å²) in [4.78, 5) is 8.52. The van der Waals surface area contributed by atoms with Gasteiger partial charge in [-0.05, 0) is 41.9 Å². The zero-order valence-corrected chi connectivity index (χ0v) is 9.62. The third-order valence-corrected chi connectivity index (χ3v) is 2.68. The van der Waals surface area contributed by atoms with Crippen molar-refractivity contribution < 1.29 is 0 Å². The van der Waals surface area contributed by atoms with Crippen LogP contribution in [0.3, 0.4) is 0 Å². The first-order chi connectivity index (χ1) is 6.68. The van der Waals surface area contributed by atoms with E-state index >= 15 is 0 Å². The van der Waals surface area contributed by atoms with Gasteiger partial charge in [0.1, 0.15) is 12.1 Å². The maximum Gasteiger partial charge on any atom is 0.138 e. The van der Waals surface area contributed by atoms with Crippen molar-refractivity contribution in [3.8, 4) is 5.82 Å². The predicted molar refractivity (Wildman–Crippen MR) is 58.5 cm³/mol. The Hall–Kier alpha value is -1.16. The quantitative estimate of drug-likeness (QED) is 0.781. The van der Waals surface area contributed by atoms with Crippen molar-refractivity contribution in [2.45, 2.75) is 13.8 Å². The van der Waals surface area contributed by atoms with Crippen molar-refractivity contribution in [2.75, 3.05) is 0 Å². The molecule has 0 unspecified atom stereocenters. The normalized spacial score (nSPS) is 10.5. The van der Waals surface area contributed by atoms with Crippen LogP contribution in [0.25, 0.3) is 5.82 Å². The average molecular weight is 252 g/mol. The van der Waals surface area contributed by atoms with Gasteiger partial charge in [-0.15, -0.1) is 0 Å². The molecule has 0 aromatic carbocycles. The largest absolute Gasteiger partial charge is 0.287 e. The van der Waals surface area contributed by atoms with Crippen LogP contribution in [0.2, 0.25) is 0 Å². The third-order valence-electron chi connectivity index (χ3n) is 2.21. The lowest BCUT2D eigenvalue weighted by atomic mass is 10.3. The van der Waals surface area contributed by atoms with E-state index in [9.17, 15) is 0 Å². The number of imidazole rings is 1. The smallest absolute Gasteiger partial charge is 0.138 e. The highest BCUT2D eigenvalue weighted by atomic mass is 79.9. The second-order valence-corrected chi connectivity index (χ2v) is 4.04. The molecule has 3 nitrogen and oxygen atoms in total. The van der Waals surface area contributed by atoms with E-state index in [0.717, 1.165) is 21.7 Å². The number of nitrogens with zero attached hydrogens (tertiary/aromatic N) is 3. The van der Waals surface area contributed by atoms with Crippen LogP contribution in [0.4, 0.5) is 0 Å². The first kappa shape index (κ1) is 9.40. The lowest BCUT2D eigenvalue weighted by Gasteiger charge is -2.03. The summed E-state index contributed by atoms with van der Waals surface area (Å²) in [6.45, 7) is 4.02. The van der Waals surface area contributed by atoms with Crippen molar-refractivity contribution in [3.05, 3.63) is 40.5 Å². The second-order valence-electron chi connectivity index (χ2n) is 3.12. The van der Waals surface area contributed by atoms with E-state index in [-0.39, 0.29) is 0 Å². The topological polar surface area (TPSA) is 30.7 Å². The summed E-state index contributed by atoms with van der Waals surface area (Å²) in [6, 6.07) is 3.93. The highest BCUT2D eigenvalue weighted by molar-refractivity contribution is 9.10. The molecule has 2 rings (SSSR count).